The molecular formula is C22H18Cl2N2OS. The van der Waals surface area contributed by atoms with Crippen molar-refractivity contribution in [3.8, 4) is 0 Å². The number of hydrogen-bond acceptors (Lipinski definition) is 3. The molecular weight excluding hydrogens is 411 g/mol. The molecule has 0 unspecified atom stereocenters. The molecule has 6 heteroatoms. The van der Waals surface area contributed by atoms with E-state index in [1.165, 1.54) is 11.1 Å². The van der Waals surface area contributed by atoms with Crippen LogP contribution in [-0.4, -0.2) is 22.3 Å². The van der Waals surface area contributed by atoms with Gasteiger partial charge in [0, 0.05) is 36.1 Å². The summed E-state index contributed by atoms with van der Waals surface area (Å²) in [6, 6.07) is 15.7. The van der Waals surface area contributed by atoms with E-state index >= 15 is 0 Å². The molecule has 3 aromatic rings. The topological polar surface area (TPSA) is 33.2 Å². The monoisotopic (exact) mass is 428 g/mol. The zero-order valence-corrected chi connectivity index (χ0v) is 17.4. The fourth-order valence-corrected chi connectivity index (χ4v) is 4.92. The molecule has 2 aromatic carbocycles. The number of pyridine rings is 1. The first-order valence-electron chi connectivity index (χ1n) is 8.98. The summed E-state index contributed by atoms with van der Waals surface area (Å²) in [5.41, 5.74) is 4.12. The maximum atomic E-state index is 13.0. The lowest BCUT2D eigenvalue weighted by Gasteiger charge is -2.29. The van der Waals surface area contributed by atoms with Gasteiger partial charge in [0.15, 0.2) is 0 Å². The Morgan fingerprint density at radius 3 is 2.57 bits per heavy atom. The van der Waals surface area contributed by atoms with Gasteiger partial charge in [0.1, 0.15) is 0 Å². The van der Waals surface area contributed by atoms with Gasteiger partial charge in [-0.3, -0.25) is 9.78 Å². The van der Waals surface area contributed by atoms with Crippen LogP contribution in [0.2, 0.25) is 10.0 Å². The number of thioether (sulfide) groups is 1. The van der Waals surface area contributed by atoms with E-state index in [9.17, 15) is 4.79 Å². The molecule has 0 aliphatic carbocycles. The molecule has 2 heterocycles. The fraction of sp³-hybridized carbons (Fsp3) is 0.182. The van der Waals surface area contributed by atoms with Gasteiger partial charge in [-0.15, -0.1) is 11.8 Å². The molecule has 0 saturated heterocycles. The second-order valence-electron chi connectivity index (χ2n) is 6.67. The Kier molecular flexibility index (Phi) is 5.90. The SMILES string of the molecule is O=C(c1cncc(CSc2c(Cl)cccc2Cl)c1)N1CCc2ccccc2C1. The van der Waals surface area contributed by atoms with Crippen LogP contribution in [0.5, 0.6) is 0 Å². The average Bonchev–Trinajstić information content (AvgIpc) is 2.73. The van der Waals surface area contributed by atoms with Crippen molar-refractivity contribution in [2.75, 3.05) is 6.54 Å². The molecule has 0 spiro atoms. The van der Waals surface area contributed by atoms with Gasteiger partial charge >= 0.3 is 0 Å². The Morgan fingerprint density at radius 1 is 1.04 bits per heavy atom. The van der Waals surface area contributed by atoms with Crippen LogP contribution in [0.1, 0.15) is 27.0 Å². The Morgan fingerprint density at radius 2 is 1.79 bits per heavy atom. The summed E-state index contributed by atoms with van der Waals surface area (Å²) >= 11 is 14.0. The summed E-state index contributed by atoms with van der Waals surface area (Å²) in [5.74, 6) is 0.657. The standard InChI is InChI=1S/C22H18Cl2N2OS/c23-19-6-3-7-20(24)21(19)28-14-15-10-18(12-25-11-15)22(27)26-9-8-16-4-1-2-5-17(16)13-26/h1-7,10-12H,8-9,13-14H2. The Balaban J connectivity index is 1.47. The molecule has 1 aliphatic rings. The van der Waals surface area contributed by atoms with E-state index < -0.39 is 0 Å². The highest BCUT2D eigenvalue weighted by molar-refractivity contribution is 7.98. The number of aromatic nitrogens is 1. The number of rotatable bonds is 4. The molecule has 142 valence electrons. The second-order valence-corrected chi connectivity index (χ2v) is 8.47. The van der Waals surface area contributed by atoms with Crippen LogP contribution < -0.4 is 0 Å². The number of nitrogens with zero attached hydrogens (tertiary/aromatic N) is 2. The Labute approximate surface area is 178 Å². The summed E-state index contributed by atoms with van der Waals surface area (Å²) in [4.78, 5) is 20.0. The minimum Gasteiger partial charge on any atom is -0.334 e. The average molecular weight is 429 g/mol. The van der Waals surface area contributed by atoms with Crippen molar-refractivity contribution in [1.82, 2.24) is 9.88 Å². The molecule has 0 saturated carbocycles. The van der Waals surface area contributed by atoms with Gasteiger partial charge in [0.25, 0.3) is 5.91 Å². The molecule has 0 N–H and O–H groups in total. The van der Waals surface area contributed by atoms with Gasteiger partial charge in [-0.1, -0.05) is 53.5 Å². The van der Waals surface area contributed by atoms with Gasteiger partial charge in [0.2, 0.25) is 0 Å². The Hall–Kier alpha value is -2.01. The predicted octanol–water partition coefficient (Wildman–Crippen LogP) is 5.88. The predicted molar refractivity (Wildman–Crippen MR) is 115 cm³/mol. The quantitative estimate of drug-likeness (QED) is 0.486. The highest BCUT2D eigenvalue weighted by Gasteiger charge is 2.22. The minimum atomic E-state index is 0.0182. The summed E-state index contributed by atoms with van der Waals surface area (Å²) in [5, 5.41) is 1.26. The van der Waals surface area contributed by atoms with Crippen molar-refractivity contribution in [2.24, 2.45) is 0 Å². The van der Waals surface area contributed by atoms with Crippen molar-refractivity contribution in [2.45, 2.75) is 23.6 Å². The zero-order valence-electron chi connectivity index (χ0n) is 15.1. The van der Waals surface area contributed by atoms with Crippen LogP contribution in [0, 0.1) is 0 Å². The lowest BCUT2D eigenvalue weighted by atomic mass is 9.99. The molecule has 0 fully saturated rings. The van der Waals surface area contributed by atoms with E-state index in [0.29, 0.717) is 27.9 Å². The van der Waals surface area contributed by atoms with Crippen molar-refractivity contribution in [3.63, 3.8) is 0 Å². The fourth-order valence-electron chi connectivity index (χ4n) is 3.31. The van der Waals surface area contributed by atoms with Crippen molar-refractivity contribution >= 4 is 40.9 Å². The molecule has 0 bridgehead atoms. The third-order valence-corrected chi connectivity index (χ3v) is 6.82. The lowest BCUT2D eigenvalue weighted by Crippen LogP contribution is -2.36. The molecule has 1 aromatic heterocycles. The lowest BCUT2D eigenvalue weighted by molar-refractivity contribution is 0.0734. The number of carbonyl (C=O) groups is 1. The Bertz CT molecular complexity index is 1000. The van der Waals surface area contributed by atoms with Gasteiger partial charge in [-0.05, 0) is 41.3 Å². The molecule has 1 aliphatic heterocycles. The number of amides is 1. The number of hydrogen-bond donors (Lipinski definition) is 0. The first kappa shape index (κ1) is 19.3. The maximum Gasteiger partial charge on any atom is 0.255 e. The van der Waals surface area contributed by atoms with E-state index in [4.69, 9.17) is 23.2 Å². The summed E-state index contributed by atoms with van der Waals surface area (Å²) in [6.07, 6.45) is 4.30. The number of benzene rings is 2. The molecule has 4 rings (SSSR count). The number of fused-ring (bicyclic) bond motifs is 1. The smallest absolute Gasteiger partial charge is 0.255 e. The normalized spacial score (nSPS) is 13.3. The van der Waals surface area contributed by atoms with E-state index in [0.717, 1.165) is 23.4 Å². The minimum absolute atomic E-state index is 0.0182. The molecule has 28 heavy (non-hydrogen) atoms. The van der Waals surface area contributed by atoms with E-state index in [-0.39, 0.29) is 5.91 Å². The summed E-state index contributed by atoms with van der Waals surface area (Å²) in [6.45, 7) is 1.37. The summed E-state index contributed by atoms with van der Waals surface area (Å²) in [7, 11) is 0. The molecule has 1 amide bonds. The van der Waals surface area contributed by atoms with Crippen molar-refractivity contribution in [1.29, 1.82) is 0 Å². The number of carbonyl (C=O) groups excluding carboxylic acids is 1. The first-order valence-corrected chi connectivity index (χ1v) is 10.7. The van der Waals surface area contributed by atoms with Crippen molar-refractivity contribution < 1.29 is 4.79 Å². The van der Waals surface area contributed by atoms with Crippen molar-refractivity contribution in [3.05, 3.63) is 93.2 Å². The van der Waals surface area contributed by atoms with Crippen LogP contribution in [0.3, 0.4) is 0 Å². The van der Waals surface area contributed by atoms with Crippen LogP contribution in [0.4, 0.5) is 0 Å². The zero-order chi connectivity index (χ0) is 19.5. The van der Waals surface area contributed by atoms with Crippen LogP contribution in [0.25, 0.3) is 0 Å². The van der Waals surface area contributed by atoms with Crippen LogP contribution in [0.15, 0.2) is 65.8 Å². The number of halogens is 2. The van der Waals surface area contributed by atoms with E-state index in [1.807, 2.05) is 41.3 Å². The highest BCUT2D eigenvalue weighted by Crippen LogP contribution is 2.35. The molecule has 0 radical (unpaired) electrons. The second kappa shape index (κ2) is 8.56. The van der Waals surface area contributed by atoms with E-state index in [2.05, 4.69) is 17.1 Å². The molecule has 3 nitrogen and oxygen atoms in total. The van der Waals surface area contributed by atoms with Gasteiger partial charge in [-0.25, -0.2) is 0 Å². The first-order chi connectivity index (χ1) is 13.6. The van der Waals surface area contributed by atoms with Crippen LogP contribution in [-0.2, 0) is 18.7 Å². The maximum absolute atomic E-state index is 13.0. The summed E-state index contributed by atoms with van der Waals surface area (Å²) < 4.78 is 0. The largest absolute Gasteiger partial charge is 0.334 e. The van der Waals surface area contributed by atoms with Gasteiger partial charge in [-0.2, -0.15) is 0 Å². The van der Waals surface area contributed by atoms with Gasteiger partial charge in [0.05, 0.1) is 15.6 Å². The third-order valence-electron chi connectivity index (χ3n) is 4.76. The van der Waals surface area contributed by atoms with Crippen LogP contribution >= 0.6 is 35.0 Å². The third kappa shape index (κ3) is 4.19. The van der Waals surface area contributed by atoms with Gasteiger partial charge < -0.3 is 4.90 Å². The van der Waals surface area contributed by atoms with E-state index in [1.54, 1.807) is 24.2 Å². The highest BCUT2D eigenvalue weighted by atomic mass is 35.5. The molecule has 0 atom stereocenters.